The van der Waals surface area contributed by atoms with Gasteiger partial charge in [0, 0.05) is 23.5 Å². The second-order valence-corrected chi connectivity index (χ2v) is 8.50. The van der Waals surface area contributed by atoms with Crippen molar-refractivity contribution >= 4 is 5.91 Å². The molecule has 4 N–H and O–H groups in total. The van der Waals surface area contributed by atoms with Gasteiger partial charge in [0.25, 0.3) is 0 Å². The molecule has 0 bridgehead atoms. The zero-order valence-electron chi connectivity index (χ0n) is 14.8. The van der Waals surface area contributed by atoms with Gasteiger partial charge >= 0.3 is 0 Å². The average Bonchev–Trinajstić information content (AvgIpc) is 2.22. The van der Waals surface area contributed by atoms with Gasteiger partial charge in [-0.2, -0.15) is 0 Å². The van der Waals surface area contributed by atoms with Crippen LogP contribution in [0.2, 0.25) is 0 Å². The molecule has 1 unspecified atom stereocenters. The zero-order chi connectivity index (χ0) is 16.3. The lowest BCUT2D eigenvalue weighted by Gasteiger charge is -2.46. The van der Waals surface area contributed by atoms with Gasteiger partial charge in [0.05, 0.1) is 0 Å². The summed E-state index contributed by atoms with van der Waals surface area (Å²) in [6.07, 6.45) is 3.52. The molecule has 1 fully saturated rings. The van der Waals surface area contributed by atoms with Gasteiger partial charge < -0.3 is 16.4 Å². The third kappa shape index (κ3) is 6.79. The third-order valence-corrected chi connectivity index (χ3v) is 4.17. The Morgan fingerprint density at radius 1 is 1.24 bits per heavy atom. The Morgan fingerprint density at radius 3 is 2.19 bits per heavy atom. The van der Waals surface area contributed by atoms with Crippen LogP contribution in [0.4, 0.5) is 0 Å². The number of nitrogens with two attached hydrogens (primary N) is 1. The van der Waals surface area contributed by atoms with Crippen LogP contribution in [-0.4, -0.2) is 29.6 Å². The minimum atomic E-state index is 0.0604. The van der Waals surface area contributed by atoms with Crippen molar-refractivity contribution in [2.75, 3.05) is 6.54 Å². The van der Waals surface area contributed by atoms with Crippen LogP contribution in [0.5, 0.6) is 0 Å². The number of nitrogens with one attached hydrogen (secondary N) is 2. The molecule has 4 nitrogen and oxygen atoms in total. The van der Waals surface area contributed by atoms with E-state index in [2.05, 4.69) is 52.2 Å². The Labute approximate surface area is 130 Å². The monoisotopic (exact) mass is 297 g/mol. The normalized spacial score (nSPS) is 23.0. The smallest absolute Gasteiger partial charge is 0.220 e. The second kappa shape index (κ2) is 7.10. The Hall–Kier alpha value is -0.610. The third-order valence-electron chi connectivity index (χ3n) is 4.17. The molecule has 4 heteroatoms. The van der Waals surface area contributed by atoms with Gasteiger partial charge in [-0.05, 0) is 65.3 Å². The fourth-order valence-electron chi connectivity index (χ4n) is 3.90. The summed E-state index contributed by atoms with van der Waals surface area (Å²) >= 11 is 0. The molecule has 21 heavy (non-hydrogen) atoms. The molecule has 124 valence electrons. The average molecular weight is 297 g/mol. The van der Waals surface area contributed by atoms with Gasteiger partial charge in [-0.1, -0.05) is 13.8 Å². The summed E-state index contributed by atoms with van der Waals surface area (Å²) in [6, 6.07) is 0.251. The standard InChI is InChI=1S/C17H35N3O/c1-12(2)7-13(11-18)8-15(21)19-14-9-16(3,4)20-17(5,6)10-14/h12-14,20H,7-11,18H2,1-6H3,(H,19,21). The number of rotatable bonds is 6. The van der Waals surface area contributed by atoms with E-state index >= 15 is 0 Å². The van der Waals surface area contributed by atoms with E-state index < -0.39 is 0 Å². The van der Waals surface area contributed by atoms with Crippen LogP contribution >= 0.6 is 0 Å². The van der Waals surface area contributed by atoms with Gasteiger partial charge in [0.2, 0.25) is 5.91 Å². The maximum absolute atomic E-state index is 12.3. The van der Waals surface area contributed by atoms with E-state index in [0.717, 1.165) is 19.3 Å². The predicted octanol–water partition coefficient (Wildman–Crippen LogP) is 2.42. The van der Waals surface area contributed by atoms with E-state index in [9.17, 15) is 4.79 Å². The number of carbonyl (C=O) groups is 1. The molecule has 0 aromatic carbocycles. The van der Waals surface area contributed by atoms with Crippen LogP contribution in [0, 0.1) is 11.8 Å². The molecule has 0 radical (unpaired) electrons. The Balaban J connectivity index is 2.53. The quantitative estimate of drug-likeness (QED) is 0.705. The molecule has 1 heterocycles. The summed E-state index contributed by atoms with van der Waals surface area (Å²) < 4.78 is 0. The van der Waals surface area contributed by atoms with Crippen LogP contribution in [-0.2, 0) is 4.79 Å². The highest BCUT2D eigenvalue weighted by Crippen LogP contribution is 2.28. The van der Waals surface area contributed by atoms with Crippen LogP contribution in [0.3, 0.4) is 0 Å². The van der Waals surface area contributed by atoms with Crippen molar-refractivity contribution in [2.24, 2.45) is 17.6 Å². The van der Waals surface area contributed by atoms with Gasteiger partial charge in [-0.15, -0.1) is 0 Å². The number of carbonyl (C=O) groups excluding carboxylic acids is 1. The second-order valence-electron chi connectivity index (χ2n) is 8.50. The topological polar surface area (TPSA) is 67.2 Å². The number of amides is 1. The maximum atomic E-state index is 12.3. The maximum Gasteiger partial charge on any atom is 0.220 e. The van der Waals surface area contributed by atoms with Crippen LogP contribution in [0.1, 0.15) is 67.2 Å². The fourth-order valence-corrected chi connectivity index (χ4v) is 3.90. The van der Waals surface area contributed by atoms with E-state index in [-0.39, 0.29) is 23.0 Å². The minimum Gasteiger partial charge on any atom is -0.353 e. The number of piperidine rings is 1. The Morgan fingerprint density at radius 2 is 1.76 bits per heavy atom. The van der Waals surface area contributed by atoms with Crippen LogP contribution in [0.15, 0.2) is 0 Å². The first kappa shape index (κ1) is 18.4. The molecular formula is C17H35N3O. The van der Waals surface area contributed by atoms with Crippen molar-refractivity contribution in [2.45, 2.75) is 84.3 Å². The minimum absolute atomic E-state index is 0.0604. The summed E-state index contributed by atoms with van der Waals surface area (Å²) in [7, 11) is 0. The lowest BCUT2D eigenvalue weighted by atomic mass is 9.79. The first-order chi connectivity index (χ1) is 9.53. The van der Waals surface area contributed by atoms with Crippen molar-refractivity contribution in [1.82, 2.24) is 10.6 Å². The van der Waals surface area contributed by atoms with E-state index in [1.807, 2.05) is 0 Å². The summed E-state index contributed by atoms with van der Waals surface area (Å²) in [6.45, 7) is 13.8. The Kier molecular flexibility index (Phi) is 6.23. The van der Waals surface area contributed by atoms with Gasteiger partial charge in [-0.25, -0.2) is 0 Å². The Bertz CT molecular complexity index is 334. The van der Waals surface area contributed by atoms with Crippen molar-refractivity contribution < 1.29 is 4.79 Å². The molecule has 1 saturated heterocycles. The molecule has 1 amide bonds. The number of hydrogen-bond acceptors (Lipinski definition) is 3. The summed E-state index contributed by atoms with van der Waals surface area (Å²) in [4.78, 5) is 12.3. The highest BCUT2D eigenvalue weighted by atomic mass is 16.1. The van der Waals surface area contributed by atoms with E-state index in [1.165, 1.54) is 0 Å². The van der Waals surface area contributed by atoms with Crippen molar-refractivity contribution in [1.29, 1.82) is 0 Å². The van der Waals surface area contributed by atoms with Crippen LogP contribution < -0.4 is 16.4 Å². The summed E-state index contributed by atoms with van der Waals surface area (Å²) in [5.74, 6) is 1.04. The SMILES string of the molecule is CC(C)CC(CN)CC(=O)NC1CC(C)(C)NC(C)(C)C1. The lowest BCUT2D eigenvalue weighted by Crippen LogP contribution is -2.62. The molecule has 0 aliphatic carbocycles. The highest BCUT2D eigenvalue weighted by Gasteiger charge is 2.38. The molecule has 0 aromatic heterocycles. The van der Waals surface area contributed by atoms with E-state index in [0.29, 0.717) is 24.8 Å². The van der Waals surface area contributed by atoms with Gasteiger partial charge in [0.1, 0.15) is 0 Å². The predicted molar refractivity (Wildman–Crippen MR) is 89.1 cm³/mol. The largest absolute Gasteiger partial charge is 0.353 e. The fraction of sp³-hybridized carbons (Fsp3) is 0.941. The highest BCUT2D eigenvalue weighted by molar-refractivity contribution is 5.76. The van der Waals surface area contributed by atoms with Gasteiger partial charge in [-0.3, -0.25) is 4.79 Å². The van der Waals surface area contributed by atoms with Crippen molar-refractivity contribution in [3.8, 4) is 0 Å². The molecule has 1 rings (SSSR count). The zero-order valence-corrected chi connectivity index (χ0v) is 14.8. The van der Waals surface area contributed by atoms with E-state index in [1.54, 1.807) is 0 Å². The van der Waals surface area contributed by atoms with E-state index in [4.69, 9.17) is 5.73 Å². The van der Waals surface area contributed by atoms with Crippen LogP contribution in [0.25, 0.3) is 0 Å². The molecule has 0 aromatic rings. The van der Waals surface area contributed by atoms with Gasteiger partial charge in [0.15, 0.2) is 0 Å². The summed E-state index contributed by atoms with van der Waals surface area (Å²) in [5, 5.41) is 6.88. The first-order valence-electron chi connectivity index (χ1n) is 8.32. The lowest BCUT2D eigenvalue weighted by molar-refractivity contribution is -0.123. The molecule has 0 saturated carbocycles. The van der Waals surface area contributed by atoms with Crippen molar-refractivity contribution in [3.05, 3.63) is 0 Å². The molecule has 1 aliphatic heterocycles. The molecular weight excluding hydrogens is 262 g/mol. The van der Waals surface area contributed by atoms with Crippen molar-refractivity contribution in [3.63, 3.8) is 0 Å². The number of hydrogen-bond donors (Lipinski definition) is 3. The first-order valence-corrected chi connectivity index (χ1v) is 8.32. The summed E-state index contributed by atoms with van der Waals surface area (Å²) in [5.41, 5.74) is 5.92. The molecule has 1 aliphatic rings. The molecule has 1 atom stereocenters. The molecule has 0 spiro atoms.